The highest BCUT2D eigenvalue weighted by atomic mass is 79.9. The van der Waals surface area contributed by atoms with Crippen LogP contribution in [0.25, 0.3) is 0 Å². The van der Waals surface area contributed by atoms with E-state index in [4.69, 9.17) is 0 Å². The number of rotatable bonds is 4. The van der Waals surface area contributed by atoms with Crippen LogP contribution in [-0.4, -0.2) is 4.98 Å². The summed E-state index contributed by atoms with van der Waals surface area (Å²) in [5.74, 6) is 0. The van der Waals surface area contributed by atoms with E-state index >= 15 is 0 Å². The average molecular weight is 317 g/mol. The third-order valence-electron chi connectivity index (χ3n) is 2.25. The summed E-state index contributed by atoms with van der Waals surface area (Å²) >= 11 is 7.00. The summed E-state index contributed by atoms with van der Waals surface area (Å²) in [6, 6.07) is 4.62. The lowest BCUT2D eigenvalue weighted by Crippen LogP contribution is -2.16. The second-order valence-corrected chi connectivity index (χ2v) is 7.42. The molecule has 0 bridgehead atoms. The van der Waals surface area contributed by atoms with Crippen molar-refractivity contribution in [2.45, 2.75) is 26.4 Å². The zero-order chi connectivity index (χ0) is 11.5. The molecular weight excluding hydrogens is 304 g/mol. The molecule has 0 aliphatic heterocycles. The Bertz CT molecular complexity index is 464. The predicted octanol–water partition coefficient (Wildman–Crippen LogP) is 4.13. The van der Waals surface area contributed by atoms with Crippen LogP contribution in [-0.2, 0) is 6.54 Å². The fraction of sp³-hybridized carbons (Fsp3) is 0.364. The van der Waals surface area contributed by atoms with Crippen molar-refractivity contribution in [2.75, 3.05) is 0 Å². The maximum absolute atomic E-state index is 4.34. The highest BCUT2D eigenvalue weighted by Gasteiger charge is 2.08. The van der Waals surface area contributed by atoms with Gasteiger partial charge in [0.15, 0.2) is 0 Å². The van der Waals surface area contributed by atoms with E-state index in [9.17, 15) is 0 Å². The molecule has 0 amide bonds. The van der Waals surface area contributed by atoms with Crippen molar-refractivity contribution in [3.63, 3.8) is 0 Å². The lowest BCUT2D eigenvalue weighted by molar-refractivity contribution is 0.581. The smallest absolute Gasteiger partial charge is 0.107 e. The summed E-state index contributed by atoms with van der Waals surface area (Å²) in [7, 11) is 0. The average Bonchev–Trinajstić information content (AvgIpc) is 2.84. The monoisotopic (exact) mass is 316 g/mol. The summed E-state index contributed by atoms with van der Waals surface area (Å²) in [4.78, 5) is 6.95. The number of halogens is 1. The second-order valence-electron chi connectivity index (χ2n) is 3.61. The van der Waals surface area contributed by atoms with Crippen LogP contribution in [0.1, 0.15) is 27.7 Å². The minimum atomic E-state index is 0.375. The maximum atomic E-state index is 4.34. The van der Waals surface area contributed by atoms with Gasteiger partial charge in [-0.3, -0.25) is 0 Å². The van der Waals surface area contributed by atoms with Gasteiger partial charge in [0.2, 0.25) is 0 Å². The Hall–Kier alpha value is -0.230. The van der Waals surface area contributed by atoms with Gasteiger partial charge in [-0.05, 0) is 41.9 Å². The van der Waals surface area contributed by atoms with Crippen LogP contribution < -0.4 is 5.32 Å². The number of hydrogen-bond donors (Lipinski definition) is 1. The molecule has 2 rings (SSSR count). The van der Waals surface area contributed by atoms with Gasteiger partial charge in [0.1, 0.15) is 5.01 Å². The van der Waals surface area contributed by atoms with Crippen molar-refractivity contribution < 1.29 is 0 Å². The van der Waals surface area contributed by atoms with E-state index in [0.29, 0.717) is 6.04 Å². The Morgan fingerprint density at radius 2 is 2.25 bits per heavy atom. The van der Waals surface area contributed by atoms with Crippen LogP contribution in [0.3, 0.4) is 0 Å². The third kappa shape index (κ3) is 3.13. The van der Waals surface area contributed by atoms with Crippen molar-refractivity contribution in [3.05, 3.63) is 36.9 Å². The molecule has 0 radical (unpaired) electrons. The van der Waals surface area contributed by atoms with E-state index in [-0.39, 0.29) is 0 Å². The minimum absolute atomic E-state index is 0.375. The Morgan fingerprint density at radius 3 is 2.81 bits per heavy atom. The molecule has 1 atom stereocenters. The van der Waals surface area contributed by atoms with Crippen molar-refractivity contribution in [3.8, 4) is 0 Å². The molecule has 0 fully saturated rings. The van der Waals surface area contributed by atoms with Crippen LogP contribution >= 0.6 is 38.6 Å². The quantitative estimate of drug-likeness (QED) is 0.917. The largest absolute Gasteiger partial charge is 0.303 e. The first-order chi connectivity index (χ1) is 7.65. The molecule has 1 unspecified atom stereocenters. The number of thiophene rings is 1. The number of hydrogen-bond acceptors (Lipinski definition) is 4. The van der Waals surface area contributed by atoms with Crippen LogP contribution in [0, 0.1) is 6.92 Å². The van der Waals surface area contributed by atoms with Gasteiger partial charge in [0, 0.05) is 28.5 Å². The van der Waals surface area contributed by atoms with Gasteiger partial charge in [0.25, 0.3) is 0 Å². The Kier molecular flexibility index (Phi) is 4.13. The molecular formula is C11H13BrN2S2. The summed E-state index contributed by atoms with van der Waals surface area (Å²) in [5.41, 5.74) is 0. The minimum Gasteiger partial charge on any atom is -0.303 e. The van der Waals surface area contributed by atoms with Gasteiger partial charge in [-0.15, -0.1) is 22.7 Å². The molecule has 2 aromatic heterocycles. The highest BCUT2D eigenvalue weighted by molar-refractivity contribution is 9.11. The number of aromatic nitrogens is 1. The predicted molar refractivity (Wildman–Crippen MR) is 74.1 cm³/mol. The number of aryl methyl sites for hydroxylation is 1. The fourth-order valence-corrected chi connectivity index (χ4v) is 3.57. The van der Waals surface area contributed by atoms with E-state index in [2.05, 4.69) is 52.2 Å². The standard InChI is InChI=1S/C11H13BrN2S2/c1-7-5-14-11(15-7)6-13-8(2)9-3-4-10(12)16-9/h3-5,8,13H,6H2,1-2H3. The lowest BCUT2D eigenvalue weighted by atomic mass is 10.3. The highest BCUT2D eigenvalue weighted by Crippen LogP contribution is 2.27. The summed E-state index contributed by atoms with van der Waals surface area (Å²) < 4.78 is 1.18. The summed E-state index contributed by atoms with van der Waals surface area (Å²) in [5, 5.41) is 4.63. The molecule has 2 heterocycles. The number of nitrogens with one attached hydrogen (secondary N) is 1. The third-order valence-corrected chi connectivity index (χ3v) is 4.97. The molecule has 0 spiro atoms. The molecule has 0 aliphatic carbocycles. The molecule has 0 saturated heterocycles. The Morgan fingerprint density at radius 1 is 1.44 bits per heavy atom. The zero-order valence-corrected chi connectivity index (χ0v) is 12.4. The molecule has 1 N–H and O–H groups in total. The molecule has 86 valence electrons. The molecule has 2 nitrogen and oxygen atoms in total. The van der Waals surface area contributed by atoms with Crippen molar-refractivity contribution in [1.82, 2.24) is 10.3 Å². The van der Waals surface area contributed by atoms with E-state index in [1.807, 2.05) is 6.20 Å². The Balaban J connectivity index is 1.91. The lowest BCUT2D eigenvalue weighted by Gasteiger charge is -2.10. The normalized spacial score (nSPS) is 12.9. The molecule has 0 aliphatic rings. The number of nitrogens with zero attached hydrogens (tertiary/aromatic N) is 1. The van der Waals surface area contributed by atoms with Crippen LogP contribution in [0.15, 0.2) is 22.1 Å². The van der Waals surface area contributed by atoms with Gasteiger partial charge in [-0.2, -0.15) is 0 Å². The van der Waals surface area contributed by atoms with Crippen LogP contribution in [0.4, 0.5) is 0 Å². The van der Waals surface area contributed by atoms with E-state index in [1.165, 1.54) is 13.5 Å². The van der Waals surface area contributed by atoms with Gasteiger partial charge in [-0.25, -0.2) is 4.98 Å². The number of thiazole rings is 1. The maximum Gasteiger partial charge on any atom is 0.107 e. The molecule has 0 saturated carbocycles. The van der Waals surface area contributed by atoms with Crippen molar-refractivity contribution in [2.24, 2.45) is 0 Å². The van der Waals surface area contributed by atoms with Crippen LogP contribution in [0.2, 0.25) is 0 Å². The Labute approximate surface area is 112 Å². The topological polar surface area (TPSA) is 24.9 Å². The van der Waals surface area contributed by atoms with Gasteiger partial charge in [0.05, 0.1) is 3.79 Å². The first-order valence-corrected chi connectivity index (χ1v) is 7.47. The SMILES string of the molecule is Cc1cnc(CNC(C)c2ccc(Br)s2)s1. The molecule has 0 aromatic carbocycles. The fourth-order valence-electron chi connectivity index (χ4n) is 1.39. The van der Waals surface area contributed by atoms with Crippen LogP contribution in [0.5, 0.6) is 0 Å². The molecule has 5 heteroatoms. The van der Waals surface area contributed by atoms with Gasteiger partial charge >= 0.3 is 0 Å². The molecule has 16 heavy (non-hydrogen) atoms. The first kappa shape index (κ1) is 12.2. The zero-order valence-electron chi connectivity index (χ0n) is 9.16. The summed E-state index contributed by atoms with van der Waals surface area (Å²) in [6.07, 6.45) is 1.92. The van der Waals surface area contributed by atoms with E-state index < -0.39 is 0 Å². The van der Waals surface area contributed by atoms with E-state index in [0.717, 1.165) is 11.6 Å². The van der Waals surface area contributed by atoms with E-state index in [1.54, 1.807) is 22.7 Å². The summed E-state index contributed by atoms with van der Waals surface area (Å²) in [6.45, 7) is 5.11. The second kappa shape index (κ2) is 5.40. The van der Waals surface area contributed by atoms with Crippen molar-refractivity contribution >= 4 is 38.6 Å². The first-order valence-electron chi connectivity index (χ1n) is 5.05. The van der Waals surface area contributed by atoms with Gasteiger partial charge < -0.3 is 5.32 Å². The van der Waals surface area contributed by atoms with Crippen molar-refractivity contribution in [1.29, 1.82) is 0 Å². The molecule has 2 aromatic rings. The van der Waals surface area contributed by atoms with Gasteiger partial charge in [-0.1, -0.05) is 0 Å².